The van der Waals surface area contributed by atoms with Gasteiger partial charge < -0.3 is 10.5 Å². The van der Waals surface area contributed by atoms with E-state index >= 15 is 0 Å². The monoisotopic (exact) mass is 311 g/mol. The molecule has 0 saturated heterocycles. The van der Waals surface area contributed by atoms with Crippen molar-refractivity contribution in [3.63, 3.8) is 0 Å². The van der Waals surface area contributed by atoms with Crippen molar-refractivity contribution in [1.82, 2.24) is 29.7 Å². The van der Waals surface area contributed by atoms with Crippen molar-refractivity contribution in [2.24, 2.45) is 0 Å². The van der Waals surface area contributed by atoms with Crippen molar-refractivity contribution in [3.05, 3.63) is 10.5 Å². The first-order chi connectivity index (χ1) is 9.99. The van der Waals surface area contributed by atoms with E-state index in [0.717, 1.165) is 18.2 Å². The molecule has 2 rings (SSSR count). The SMILES string of the molecule is CCCn1c(Sc2nc(N)nc(OC(C)C)n2)n[nH]c1=O. The largest absolute Gasteiger partial charge is 0.461 e. The summed E-state index contributed by atoms with van der Waals surface area (Å²) in [5, 5.41) is 7.17. The summed E-state index contributed by atoms with van der Waals surface area (Å²) in [4.78, 5) is 23.7. The lowest BCUT2D eigenvalue weighted by molar-refractivity contribution is 0.219. The maximum Gasteiger partial charge on any atom is 0.343 e. The molecular formula is C11H17N7O2S. The Morgan fingerprint density at radius 1 is 1.38 bits per heavy atom. The van der Waals surface area contributed by atoms with Gasteiger partial charge in [-0.05, 0) is 32.0 Å². The minimum Gasteiger partial charge on any atom is -0.461 e. The number of aromatic amines is 1. The Labute approximate surface area is 125 Å². The van der Waals surface area contributed by atoms with E-state index in [1.807, 2.05) is 20.8 Å². The van der Waals surface area contributed by atoms with E-state index < -0.39 is 0 Å². The molecule has 0 atom stereocenters. The predicted molar refractivity (Wildman–Crippen MR) is 77.3 cm³/mol. The molecular weight excluding hydrogens is 294 g/mol. The van der Waals surface area contributed by atoms with Gasteiger partial charge in [0.1, 0.15) is 0 Å². The Hall–Kier alpha value is -2.10. The summed E-state index contributed by atoms with van der Waals surface area (Å²) in [6.07, 6.45) is 0.738. The third-order valence-corrected chi connectivity index (χ3v) is 3.17. The highest BCUT2D eigenvalue weighted by molar-refractivity contribution is 7.99. The van der Waals surface area contributed by atoms with Gasteiger partial charge in [0.15, 0.2) is 5.16 Å². The fourth-order valence-corrected chi connectivity index (χ4v) is 2.35. The van der Waals surface area contributed by atoms with Gasteiger partial charge in [0.2, 0.25) is 11.1 Å². The molecule has 2 aromatic rings. The molecule has 114 valence electrons. The lowest BCUT2D eigenvalue weighted by atomic mass is 10.5. The van der Waals surface area contributed by atoms with Crippen LogP contribution >= 0.6 is 11.8 Å². The molecule has 3 N–H and O–H groups in total. The standard InChI is InChI=1S/C11H17N7O2S/c1-4-5-18-10(19)16-17-11(18)21-9-14-7(12)13-8(15-9)20-6(2)3/h6H,4-5H2,1-3H3,(H,16,19)(H2,12,13,14,15). The van der Waals surface area contributed by atoms with Crippen molar-refractivity contribution in [3.8, 4) is 6.01 Å². The summed E-state index contributed by atoms with van der Waals surface area (Å²) in [6.45, 7) is 6.26. The van der Waals surface area contributed by atoms with Gasteiger partial charge in [0, 0.05) is 6.54 Å². The normalized spacial score (nSPS) is 11.0. The molecule has 10 heteroatoms. The topological polar surface area (TPSA) is 125 Å². The number of aromatic nitrogens is 6. The van der Waals surface area contributed by atoms with E-state index in [1.54, 1.807) is 0 Å². The maximum atomic E-state index is 11.6. The first-order valence-electron chi connectivity index (χ1n) is 6.50. The number of hydrogen-bond acceptors (Lipinski definition) is 8. The van der Waals surface area contributed by atoms with Crippen molar-refractivity contribution in [2.75, 3.05) is 5.73 Å². The number of nitrogen functional groups attached to an aromatic ring is 1. The smallest absolute Gasteiger partial charge is 0.343 e. The Morgan fingerprint density at radius 3 is 2.81 bits per heavy atom. The highest BCUT2D eigenvalue weighted by Gasteiger charge is 2.14. The summed E-state index contributed by atoms with van der Waals surface area (Å²) in [6, 6.07) is 0.153. The van der Waals surface area contributed by atoms with Gasteiger partial charge in [-0.15, -0.1) is 5.10 Å². The van der Waals surface area contributed by atoms with E-state index in [2.05, 4.69) is 25.1 Å². The van der Waals surface area contributed by atoms with Crippen LogP contribution in [0.2, 0.25) is 0 Å². The molecule has 0 bridgehead atoms. The van der Waals surface area contributed by atoms with Crippen LogP contribution in [0.3, 0.4) is 0 Å². The zero-order valence-electron chi connectivity index (χ0n) is 12.0. The number of H-pyrrole nitrogens is 1. The van der Waals surface area contributed by atoms with Gasteiger partial charge >= 0.3 is 11.7 Å². The highest BCUT2D eigenvalue weighted by Crippen LogP contribution is 2.23. The van der Waals surface area contributed by atoms with Gasteiger partial charge in [0.25, 0.3) is 0 Å². The molecule has 0 aliphatic carbocycles. The maximum absolute atomic E-state index is 11.6. The number of rotatable bonds is 6. The zero-order valence-corrected chi connectivity index (χ0v) is 12.8. The second-order valence-electron chi connectivity index (χ2n) is 4.49. The van der Waals surface area contributed by atoms with Crippen molar-refractivity contribution >= 4 is 17.7 Å². The van der Waals surface area contributed by atoms with E-state index in [-0.39, 0.29) is 23.8 Å². The Kier molecular flexibility index (Phi) is 4.78. The summed E-state index contributed by atoms with van der Waals surface area (Å²) < 4.78 is 6.93. The van der Waals surface area contributed by atoms with Crippen LogP contribution in [-0.2, 0) is 6.54 Å². The molecule has 0 spiro atoms. The van der Waals surface area contributed by atoms with Crippen LogP contribution in [0.5, 0.6) is 6.01 Å². The molecule has 21 heavy (non-hydrogen) atoms. The van der Waals surface area contributed by atoms with Crippen LogP contribution in [0.4, 0.5) is 5.95 Å². The van der Waals surface area contributed by atoms with Gasteiger partial charge in [-0.3, -0.25) is 4.57 Å². The van der Waals surface area contributed by atoms with Crippen LogP contribution in [0.15, 0.2) is 15.1 Å². The van der Waals surface area contributed by atoms with Crippen LogP contribution in [-0.4, -0.2) is 35.8 Å². The minimum absolute atomic E-state index is 0.0584. The van der Waals surface area contributed by atoms with E-state index in [4.69, 9.17) is 10.5 Å². The van der Waals surface area contributed by atoms with Crippen molar-refractivity contribution < 1.29 is 4.74 Å². The number of nitrogens with two attached hydrogens (primary N) is 1. The second-order valence-corrected chi connectivity index (χ2v) is 5.42. The second kappa shape index (κ2) is 6.57. The highest BCUT2D eigenvalue weighted by atomic mass is 32.2. The van der Waals surface area contributed by atoms with Gasteiger partial charge in [0.05, 0.1) is 6.10 Å². The lowest BCUT2D eigenvalue weighted by Gasteiger charge is -2.08. The molecule has 0 radical (unpaired) electrons. The predicted octanol–water partition coefficient (Wildman–Crippen LogP) is 0.687. The van der Waals surface area contributed by atoms with Crippen LogP contribution in [0, 0.1) is 0 Å². The number of nitrogens with one attached hydrogen (secondary N) is 1. The molecule has 0 unspecified atom stereocenters. The third kappa shape index (κ3) is 3.94. The molecule has 2 heterocycles. The molecule has 9 nitrogen and oxygen atoms in total. The first-order valence-corrected chi connectivity index (χ1v) is 7.32. The number of nitrogens with zero attached hydrogens (tertiary/aromatic N) is 5. The Morgan fingerprint density at radius 2 is 2.14 bits per heavy atom. The third-order valence-electron chi connectivity index (χ3n) is 2.31. The molecule has 0 aliphatic heterocycles. The summed E-state index contributed by atoms with van der Waals surface area (Å²) >= 11 is 1.13. The minimum atomic E-state index is -0.264. The Balaban J connectivity index is 2.27. The number of anilines is 1. The average molecular weight is 311 g/mol. The van der Waals surface area contributed by atoms with E-state index in [1.165, 1.54) is 4.57 Å². The summed E-state index contributed by atoms with van der Waals surface area (Å²) in [7, 11) is 0. The van der Waals surface area contributed by atoms with Crippen LogP contribution < -0.4 is 16.2 Å². The van der Waals surface area contributed by atoms with E-state index in [0.29, 0.717) is 16.9 Å². The average Bonchev–Trinajstić information content (AvgIpc) is 2.70. The quantitative estimate of drug-likeness (QED) is 0.798. The Bertz CT molecular complexity index is 667. The summed E-state index contributed by atoms with van der Waals surface area (Å²) in [5.41, 5.74) is 5.37. The molecule has 0 fully saturated rings. The number of ether oxygens (including phenoxy) is 1. The van der Waals surface area contributed by atoms with Gasteiger partial charge in [-0.2, -0.15) is 15.0 Å². The summed E-state index contributed by atoms with van der Waals surface area (Å²) in [5.74, 6) is 0.0584. The van der Waals surface area contributed by atoms with Crippen LogP contribution in [0.25, 0.3) is 0 Å². The molecule has 0 saturated carbocycles. The molecule has 0 aliphatic rings. The van der Waals surface area contributed by atoms with Crippen molar-refractivity contribution in [1.29, 1.82) is 0 Å². The molecule has 0 amide bonds. The molecule has 2 aromatic heterocycles. The number of hydrogen-bond donors (Lipinski definition) is 2. The fraction of sp³-hybridized carbons (Fsp3) is 0.545. The van der Waals surface area contributed by atoms with E-state index in [9.17, 15) is 4.79 Å². The lowest BCUT2D eigenvalue weighted by Crippen LogP contribution is -2.17. The van der Waals surface area contributed by atoms with Gasteiger partial charge in [-0.1, -0.05) is 6.92 Å². The molecule has 0 aromatic carbocycles. The zero-order chi connectivity index (χ0) is 15.4. The van der Waals surface area contributed by atoms with Crippen LogP contribution in [0.1, 0.15) is 27.2 Å². The first kappa shape index (κ1) is 15.3. The fourth-order valence-electron chi connectivity index (χ4n) is 1.55. The van der Waals surface area contributed by atoms with Crippen molar-refractivity contribution in [2.45, 2.75) is 50.2 Å². The van der Waals surface area contributed by atoms with Gasteiger partial charge in [-0.25, -0.2) is 9.89 Å².